The molecule has 2 aromatic carbocycles. The van der Waals surface area contributed by atoms with Crippen LogP contribution in [0.15, 0.2) is 77.9 Å². The first-order valence-electron chi connectivity index (χ1n) is 11.8. The Bertz CT molecular complexity index is 1630. The maximum Gasteiger partial charge on any atom is 0.237 e. The molecule has 3 aromatic rings. The number of rotatable bonds is 5. The van der Waals surface area contributed by atoms with E-state index in [1.54, 1.807) is 19.4 Å². The summed E-state index contributed by atoms with van der Waals surface area (Å²) in [6, 6.07) is 19.4. The highest BCUT2D eigenvalue weighted by Crippen LogP contribution is 2.32. The van der Waals surface area contributed by atoms with Crippen LogP contribution in [-0.2, 0) is 0 Å². The van der Waals surface area contributed by atoms with Crippen molar-refractivity contribution in [1.29, 1.82) is 0 Å². The molecule has 0 unspecified atom stereocenters. The van der Waals surface area contributed by atoms with Crippen molar-refractivity contribution in [2.24, 2.45) is 4.99 Å². The summed E-state index contributed by atoms with van der Waals surface area (Å²) in [4.78, 5) is 14.2. The van der Waals surface area contributed by atoms with Crippen molar-refractivity contribution in [3.05, 3.63) is 89.9 Å². The zero-order chi connectivity index (χ0) is 24.6. The van der Waals surface area contributed by atoms with Gasteiger partial charge >= 0.3 is 0 Å². The summed E-state index contributed by atoms with van der Waals surface area (Å²) in [6.45, 7) is 0. The van der Waals surface area contributed by atoms with Crippen LogP contribution in [0.2, 0.25) is 0 Å². The molecule has 1 aromatic heterocycles. The summed E-state index contributed by atoms with van der Waals surface area (Å²) in [7, 11) is 1.58. The van der Waals surface area contributed by atoms with E-state index in [0.29, 0.717) is 22.9 Å². The van der Waals surface area contributed by atoms with Crippen LogP contribution in [0.25, 0.3) is 28.1 Å². The third kappa shape index (κ3) is 3.94. The van der Waals surface area contributed by atoms with Crippen LogP contribution >= 0.6 is 0 Å². The van der Waals surface area contributed by atoms with Crippen LogP contribution in [0.1, 0.15) is 19.3 Å². The van der Waals surface area contributed by atoms with E-state index >= 15 is 0 Å². The molecule has 180 valence electrons. The molecule has 0 atom stereocenters. The van der Waals surface area contributed by atoms with Gasteiger partial charge in [-0.05, 0) is 67.8 Å². The Kier molecular flexibility index (Phi) is 5.56. The van der Waals surface area contributed by atoms with Gasteiger partial charge in [0.1, 0.15) is 5.69 Å². The molecule has 3 aliphatic rings. The van der Waals surface area contributed by atoms with Gasteiger partial charge in [-0.25, -0.2) is 18.7 Å². The fraction of sp³-hybridized carbons (Fsp3) is 0.179. The van der Waals surface area contributed by atoms with E-state index in [9.17, 15) is 8.78 Å². The molecular weight excluding hydrogens is 460 g/mol. The number of pyridine rings is 1. The van der Waals surface area contributed by atoms with E-state index in [4.69, 9.17) is 14.7 Å². The quantitative estimate of drug-likeness (QED) is 0.311. The van der Waals surface area contributed by atoms with Gasteiger partial charge in [0, 0.05) is 18.0 Å². The van der Waals surface area contributed by atoms with Gasteiger partial charge in [-0.1, -0.05) is 12.1 Å². The molecule has 0 radical (unpaired) electrons. The number of halogens is 2. The van der Waals surface area contributed by atoms with Gasteiger partial charge < -0.3 is 14.6 Å². The highest BCUT2D eigenvalue weighted by Gasteiger charge is 2.20. The van der Waals surface area contributed by atoms with Crippen molar-refractivity contribution in [1.82, 2.24) is 14.5 Å². The minimum Gasteiger partial charge on any atom is -0.480 e. The van der Waals surface area contributed by atoms with Crippen LogP contribution in [-0.4, -0.2) is 27.7 Å². The topological polar surface area (TPSA) is 64.3 Å². The van der Waals surface area contributed by atoms with Gasteiger partial charge in [-0.3, -0.25) is 4.99 Å². The molecule has 0 spiro atoms. The Morgan fingerprint density at radius 1 is 0.972 bits per heavy atom. The van der Waals surface area contributed by atoms with Crippen molar-refractivity contribution < 1.29 is 13.5 Å². The zero-order valence-electron chi connectivity index (χ0n) is 19.6. The second-order valence-electron chi connectivity index (χ2n) is 8.79. The molecule has 2 aliphatic carbocycles. The number of ether oxygens (including phenoxy) is 1. The van der Waals surface area contributed by atoms with Gasteiger partial charge in [0.05, 0.1) is 46.6 Å². The number of aromatic nitrogens is 3. The number of anilines is 2. The first-order valence-corrected chi connectivity index (χ1v) is 11.8. The van der Waals surface area contributed by atoms with Crippen LogP contribution in [0, 0.1) is 11.6 Å². The van der Waals surface area contributed by atoms with Gasteiger partial charge in [0.25, 0.3) is 0 Å². The molecule has 2 heterocycles. The van der Waals surface area contributed by atoms with Crippen molar-refractivity contribution >= 4 is 22.4 Å². The number of methoxy groups -OCH3 is 1. The third-order valence-corrected chi connectivity index (χ3v) is 6.49. The monoisotopic (exact) mass is 483 g/mol. The van der Waals surface area contributed by atoms with Crippen LogP contribution < -0.4 is 15.4 Å². The second-order valence-corrected chi connectivity index (χ2v) is 8.79. The highest BCUT2D eigenvalue weighted by molar-refractivity contribution is 5.84. The maximum absolute atomic E-state index is 14.3. The third-order valence-electron chi connectivity index (χ3n) is 6.49. The Hall–Kier alpha value is -4.33. The van der Waals surface area contributed by atoms with Crippen molar-refractivity contribution in [2.75, 3.05) is 12.4 Å². The van der Waals surface area contributed by atoms with E-state index in [1.165, 1.54) is 6.07 Å². The lowest BCUT2D eigenvalue weighted by molar-refractivity contribution is 0.400. The number of benzene rings is 3. The highest BCUT2D eigenvalue weighted by atomic mass is 19.2. The van der Waals surface area contributed by atoms with Crippen LogP contribution in [0.3, 0.4) is 0 Å². The number of para-hydroxylation sites is 2. The Morgan fingerprint density at radius 3 is 2.61 bits per heavy atom. The van der Waals surface area contributed by atoms with Crippen molar-refractivity contribution in [3.8, 4) is 23.0 Å². The van der Waals surface area contributed by atoms with Gasteiger partial charge in [-0.2, -0.15) is 0 Å². The lowest BCUT2D eigenvalue weighted by atomic mass is 9.94. The van der Waals surface area contributed by atoms with E-state index in [-0.39, 0.29) is 6.04 Å². The minimum atomic E-state index is -0.907. The van der Waals surface area contributed by atoms with Gasteiger partial charge in [-0.15, -0.1) is 0 Å². The van der Waals surface area contributed by atoms with Gasteiger partial charge in [0.2, 0.25) is 5.88 Å². The van der Waals surface area contributed by atoms with Crippen molar-refractivity contribution in [3.63, 3.8) is 0 Å². The van der Waals surface area contributed by atoms with E-state index < -0.39 is 11.6 Å². The largest absolute Gasteiger partial charge is 0.480 e. The molecule has 36 heavy (non-hydrogen) atoms. The molecule has 8 heteroatoms. The summed E-state index contributed by atoms with van der Waals surface area (Å²) in [5, 5.41) is 4.18. The van der Waals surface area contributed by atoms with Crippen LogP contribution in [0.5, 0.6) is 5.88 Å². The summed E-state index contributed by atoms with van der Waals surface area (Å²) >= 11 is 0. The number of nitrogens with one attached hydrogen (secondary N) is 1. The Labute approximate surface area is 206 Å². The fourth-order valence-electron chi connectivity index (χ4n) is 4.46. The first kappa shape index (κ1) is 22.2. The minimum absolute atomic E-state index is 0.240. The predicted octanol–water partition coefficient (Wildman–Crippen LogP) is 6.01. The Balaban J connectivity index is 1.64. The van der Waals surface area contributed by atoms with Crippen molar-refractivity contribution in [2.45, 2.75) is 25.3 Å². The molecule has 0 saturated heterocycles. The number of nitrogens with zero attached hydrogens (tertiary/aromatic N) is 4. The molecule has 0 bridgehead atoms. The average Bonchev–Trinajstić information content (AvgIpc) is 2.87. The smallest absolute Gasteiger partial charge is 0.237 e. The average molecular weight is 484 g/mol. The number of hydrogen-bond acceptors (Lipinski definition) is 5. The molecule has 1 fully saturated rings. The second kappa shape index (κ2) is 9.03. The normalized spacial score (nSPS) is 14.2. The molecule has 1 N–H and O–H groups in total. The first-order chi connectivity index (χ1) is 17.6. The lowest BCUT2D eigenvalue weighted by Gasteiger charge is -2.23. The molecule has 6 rings (SSSR count). The molecule has 6 nitrogen and oxygen atoms in total. The summed E-state index contributed by atoms with van der Waals surface area (Å²) < 4.78 is 35.4. The summed E-state index contributed by atoms with van der Waals surface area (Å²) in [5.41, 5.74) is 4.89. The number of fused-ring (bicyclic) bond motifs is 2. The van der Waals surface area contributed by atoms with E-state index in [1.807, 2.05) is 53.1 Å². The maximum atomic E-state index is 14.3. The number of hydrogen-bond donors (Lipinski definition) is 1. The molecule has 1 aliphatic heterocycles. The van der Waals surface area contributed by atoms with E-state index in [0.717, 1.165) is 53.1 Å². The predicted molar refractivity (Wildman–Crippen MR) is 135 cm³/mol. The van der Waals surface area contributed by atoms with Gasteiger partial charge in [0.15, 0.2) is 11.6 Å². The zero-order valence-corrected chi connectivity index (χ0v) is 19.6. The standard InChI is InChI=1S/C28H23F2N5O/c1-36-28-22(9-5-13-31-28)34-23-15-25-27(16-24(23)32-17-6-4-7-17)35(18-11-12-19(29)20(30)14-18)26-10-3-2-8-21(26)33-25/h2-3,5,8-17,34H,4,6-7H2,1H3/b32-24+. The Morgan fingerprint density at radius 2 is 1.83 bits per heavy atom. The summed E-state index contributed by atoms with van der Waals surface area (Å²) in [5.74, 6) is -1.33. The molecular formula is C28H23F2N5O. The van der Waals surface area contributed by atoms with E-state index in [2.05, 4.69) is 10.3 Å². The summed E-state index contributed by atoms with van der Waals surface area (Å²) in [6.07, 6.45) is 4.89. The SMILES string of the molecule is COc1ncccc1Nc1cc2nc3ccccc3n(-c3ccc(F)c(F)c3)c-2c/c1=N\C1CCC1. The fourth-order valence-corrected chi connectivity index (χ4v) is 4.46. The lowest BCUT2D eigenvalue weighted by Crippen LogP contribution is -2.22. The molecule has 0 amide bonds. The molecule has 1 saturated carbocycles. The van der Waals surface area contributed by atoms with Crippen LogP contribution in [0.4, 0.5) is 20.2 Å².